The van der Waals surface area contributed by atoms with Gasteiger partial charge in [0.15, 0.2) is 0 Å². The van der Waals surface area contributed by atoms with Crippen LogP contribution < -0.4 is 5.32 Å². The number of aromatic nitrogens is 2. The molecule has 0 bridgehead atoms. The van der Waals surface area contributed by atoms with Crippen LogP contribution in [0.4, 0.5) is 0 Å². The van der Waals surface area contributed by atoms with Gasteiger partial charge in [0.25, 0.3) is 0 Å². The standard InChI is InChI=1S/C13H17N3/c1-2-4-12(5-3-1)6-8-14-9-7-13-10-15-11-16-13/h1-5,10-11,14H,6-9H2,(H,15,16). The summed E-state index contributed by atoms with van der Waals surface area (Å²) in [5, 5.41) is 3.42. The predicted molar refractivity (Wildman–Crippen MR) is 65.3 cm³/mol. The number of nitrogens with one attached hydrogen (secondary N) is 2. The second kappa shape index (κ2) is 6.08. The molecule has 0 unspecified atom stereocenters. The monoisotopic (exact) mass is 215 g/mol. The van der Waals surface area contributed by atoms with Crippen molar-refractivity contribution in [3.8, 4) is 0 Å². The van der Waals surface area contributed by atoms with Crippen molar-refractivity contribution in [2.24, 2.45) is 0 Å². The number of H-pyrrole nitrogens is 1. The predicted octanol–water partition coefficient (Wildman–Crippen LogP) is 1.78. The largest absolute Gasteiger partial charge is 0.351 e. The van der Waals surface area contributed by atoms with E-state index < -0.39 is 0 Å². The fraction of sp³-hybridized carbons (Fsp3) is 0.308. The van der Waals surface area contributed by atoms with E-state index in [9.17, 15) is 0 Å². The van der Waals surface area contributed by atoms with Crippen LogP contribution >= 0.6 is 0 Å². The lowest BCUT2D eigenvalue weighted by atomic mass is 10.1. The summed E-state index contributed by atoms with van der Waals surface area (Å²) < 4.78 is 0. The highest BCUT2D eigenvalue weighted by atomic mass is 14.9. The molecule has 3 heteroatoms. The van der Waals surface area contributed by atoms with Gasteiger partial charge in [-0.15, -0.1) is 0 Å². The molecule has 0 fully saturated rings. The summed E-state index contributed by atoms with van der Waals surface area (Å²) in [7, 11) is 0. The van der Waals surface area contributed by atoms with E-state index in [-0.39, 0.29) is 0 Å². The maximum absolute atomic E-state index is 4.18. The summed E-state index contributed by atoms with van der Waals surface area (Å²) in [5.74, 6) is 0. The highest BCUT2D eigenvalue weighted by Gasteiger charge is 1.94. The van der Waals surface area contributed by atoms with Gasteiger partial charge in [-0.1, -0.05) is 30.3 Å². The third-order valence-electron chi connectivity index (χ3n) is 2.55. The molecule has 2 N–H and O–H groups in total. The third-order valence-corrected chi connectivity index (χ3v) is 2.55. The van der Waals surface area contributed by atoms with E-state index in [0.29, 0.717) is 0 Å². The Morgan fingerprint density at radius 3 is 2.62 bits per heavy atom. The van der Waals surface area contributed by atoms with Crippen molar-refractivity contribution in [3.63, 3.8) is 0 Å². The molecule has 0 aliphatic heterocycles. The maximum Gasteiger partial charge on any atom is 0.0923 e. The molecule has 2 rings (SSSR count). The third kappa shape index (κ3) is 3.51. The second-order valence-electron chi connectivity index (χ2n) is 3.80. The van der Waals surface area contributed by atoms with Gasteiger partial charge in [0.05, 0.1) is 12.0 Å². The average molecular weight is 215 g/mol. The smallest absolute Gasteiger partial charge is 0.0923 e. The first-order valence-electron chi connectivity index (χ1n) is 5.67. The second-order valence-corrected chi connectivity index (χ2v) is 3.80. The Bertz CT molecular complexity index is 381. The Morgan fingerprint density at radius 1 is 1.06 bits per heavy atom. The van der Waals surface area contributed by atoms with Gasteiger partial charge in [0, 0.05) is 19.2 Å². The molecule has 0 amide bonds. The minimum absolute atomic E-state index is 0.984. The molecule has 0 aliphatic carbocycles. The lowest BCUT2D eigenvalue weighted by Gasteiger charge is -2.03. The normalized spacial score (nSPS) is 10.5. The molecular weight excluding hydrogens is 198 g/mol. The van der Waals surface area contributed by atoms with E-state index in [1.807, 2.05) is 6.20 Å². The highest BCUT2D eigenvalue weighted by Crippen LogP contribution is 1.98. The van der Waals surface area contributed by atoms with E-state index in [1.54, 1.807) is 6.33 Å². The number of nitrogens with zero attached hydrogens (tertiary/aromatic N) is 1. The topological polar surface area (TPSA) is 40.7 Å². The van der Waals surface area contributed by atoms with Crippen LogP contribution in [-0.2, 0) is 12.8 Å². The first kappa shape index (κ1) is 10.9. The summed E-state index contributed by atoms with van der Waals surface area (Å²) in [5.41, 5.74) is 2.50. The molecule has 84 valence electrons. The van der Waals surface area contributed by atoms with E-state index in [2.05, 4.69) is 45.6 Å². The van der Waals surface area contributed by atoms with E-state index in [4.69, 9.17) is 0 Å². The van der Waals surface area contributed by atoms with Crippen molar-refractivity contribution in [2.75, 3.05) is 13.1 Å². The van der Waals surface area contributed by atoms with Crippen LogP contribution in [0, 0.1) is 0 Å². The van der Waals surface area contributed by atoms with Crippen LogP contribution in [0.2, 0.25) is 0 Å². The SMILES string of the molecule is c1ccc(CCNCCc2c[nH]cn2)cc1. The number of imidazole rings is 1. The van der Waals surface area contributed by atoms with E-state index in [1.165, 1.54) is 5.56 Å². The molecular formula is C13H17N3. The Morgan fingerprint density at radius 2 is 1.88 bits per heavy atom. The molecule has 16 heavy (non-hydrogen) atoms. The summed E-state index contributed by atoms with van der Waals surface area (Å²) in [6.45, 7) is 2.01. The van der Waals surface area contributed by atoms with Crippen molar-refractivity contribution < 1.29 is 0 Å². The lowest BCUT2D eigenvalue weighted by molar-refractivity contribution is 0.677. The van der Waals surface area contributed by atoms with Crippen LogP contribution in [0.1, 0.15) is 11.3 Å². The van der Waals surface area contributed by atoms with Crippen LogP contribution in [0.3, 0.4) is 0 Å². The van der Waals surface area contributed by atoms with Gasteiger partial charge >= 0.3 is 0 Å². The molecule has 0 aliphatic rings. The minimum atomic E-state index is 0.984. The molecule has 0 spiro atoms. The fourth-order valence-corrected chi connectivity index (χ4v) is 1.65. The van der Waals surface area contributed by atoms with Gasteiger partial charge in [0.1, 0.15) is 0 Å². The van der Waals surface area contributed by atoms with Crippen molar-refractivity contribution >= 4 is 0 Å². The molecule has 0 saturated heterocycles. The number of benzene rings is 1. The van der Waals surface area contributed by atoms with E-state index in [0.717, 1.165) is 31.6 Å². The maximum atomic E-state index is 4.18. The lowest BCUT2D eigenvalue weighted by Crippen LogP contribution is -2.20. The molecule has 3 nitrogen and oxygen atoms in total. The molecule has 1 aromatic carbocycles. The van der Waals surface area contributed by atoms with Crippen molar-refractivity contribution in [1.82, 2.24) is 15.3 Å². The van der Waals surface area contributed by atoms with Gasteiger partial charge < -0.3 is 10.3 Å². The minimum Gasteiger partial charge on any atom is -0.351 e. The quantitative estimate of drug-likeness (QED) is 0.721. The molecule has 0 saturated carbocycles. The number of rotatable bonds is 6. The number of hydrogen-bond donors (Lipinski definition) is 2. The molecule has 1 aromatic heterocycles. The number of aromatic amines is 1. The molecule has 0 radical (unpaired) electrons. The van der Waals surface area contributed by atoms with Gasteiger partial charge in [-0.05, 0) is 18.5 Å². The Kier molecular flexibility index (Phi) is 4.14. The zero-order valence-electron chi connectivity index (χ0n) is 9.32. The Balaban J connectivity index is 1.59. The van der Waals surface area contributed by atoms with Gasteiger partial charge in [-0.2, -0.15) is 0 Å². The summed E-state index contributed by atoms with van der Waals surface area (Å²) in [6.07, 6.45) is 5.73. The summed E-state index contributed by atoms with van der Waals surface area (Å²) >= 11 is 0. The van der Waals surface area contributed by atoms with Gasteiger partial charge in [-0.3, -0.25) is 0 Å². The molecule has 1 heterocycles. The van der Waals surface area contributed by atoms with Crippen LogP contribution in [0.15, 0.2) is 42.9 Å². The molecule has 2 aromatic rings. The Labute approximate surface area is 95.9 Å². The van der Waals surface area contributed by atoms with Gasteiger partial charge in [-0.25, -0.2) is 4.98 Å². The zero-order chi connectivity index (χ0) is 11.1. The first-order valence-corrected chi connectivity index (χ1v) is 5.67. The van der Waals surface area contributed by atoms with Crippen LogP contribution in [0.25, 0.3) is 0 Å². The van der Waals surface area contributed by atoms with Crippen molar-refractivity contribution in [3.05, 3.63) is 54.1 Å². The highest BCUT2D eigenvalue weighted by molar-refractivity contribution is 5.14. The summed E-state index contributed by atoms with van der Waals surface area (Å²) in [6, 6.07) is 10.5. The van der Waals surface area contributed by atoms with Crippen molar-refractivity contribution in [1.29, 1.82) is 0 Å². The summed E-state index contributed by atoms with van der Waals surface area (Å²) in [4.78, 5) is 7.13. The van der Waals surface area contributed by atoms with Crippen molar-refractivity contribution in [2.45, 2.75) is 12.8 Å². The first-order chi connectivity index (χ1) is 7.95. The average Bonchev–Trinajstić information content (AvgIpc) is 2.83. The van der Waals surface area contributed by atoms with Crippen LogP contribution in [-0.4, -0.2) is 23.1 Å². The Hall–Kier alpha value is -1.61. The van der Waals surface area contributed by atoms with E-state index >= 15 is 0 Å². The van der Waals surface area contributed by atoms with Crippen LogP contribution in [0.5, 0.6) is 0 Å². The zero-order valence-corrected chi connectivity index (χ0v) is 9.32. The fourth-order valence-electron chi connectivity index (χ4n) is 1.65. The van der Waals surface area contributed by atoms with Gasteiger partial charge in [0.2, 0.25) is 0 Å². The molecule has 0 atom stereocenters. The number of hydrogen-bond acceptors (Lipinski definition) is 2.